The standard InChI is InChI=1S/C9H11FN/c1-2-3-7-11-8-5-4-6-9(11)10/h2-6,8H,7H2,1H3/q+1/b3-2+. The molecule has 2 heteroatoms. The van der Waals surface area contributed by atoms with Gasteiger partial charge in [-0.1, -0.05) is 6.08 Å². The molecule has 1 rings (SSSR count). The Balaban J connectivity index is 2.77. The molecule has 0 amide bonds. The summed E-state index contributed by atoms with van der Waals surface area (Å²) in [7, 11) is 0. The van der Waals surface area contributed by atoms with Crippen molar-refractivity contribution in [1.29, 1.82) is 0 Å². The van der Waals surface area contributed by atoms with Crippen LogP contribution in [0.25, 0.3) is 0 Å². The average Bonchev–Trinajstić information content (AvgIpc) is 2.03. The normalized spacial score (nSPS) is 10.7. The second-order valence-electron chi connectivity index (χ2n) is 2.24. The van der Waals surface area contributed by atoms with Crippen LogP contribution >= 0.6 is 0 Å². The number of pyridine rings is 1. The van der Waals surface area contributed by atoms with Gasteiger partial charge in [-0.2, -0.15) is 4.57 Å². The van der Waals surface area contributed by atoms with Crippen molar-refractivity contribution >= 4 is 0 Å². The second-order valence-corrected chi connectivity index (χ2v) is 2.24. The lowest BCUT2D eigenvalue weighted by atomic mass is 10.4. The lowest BCUT2D eigenvalue weighted by Crippen LogP contribution is -2.36. The Bertz CT molecular complexity index is 255. The van der Waals surface area contributed by atoms with E-state index in [0.29, 0.717) is 6.54 Å². The zero-order valence-electron chi connectivity index (χ0n) is 6.50. The highest BCUT2D eigenvalue weighted by Crippen LogP contribution is 1.87. The van der Waals surface area contributed by atoms with Gasteiger partial charge < -0.3 is 0 Å². The zero-order valence-corrected chi connectivity index (χ0v) is 6.50. The number of allylic oxidation sites excluding steroid dienone is 2. The monoisotopic (exact) mass is 152 g/mol. The Kier molecular flexibility index (Phi) is 2.78. The highest BCUT2D eigenvalue weighted by atomic mass is 19.1. The first-order valence-electron chi connectivity index (χ1n) is 3.59. The molecule has 0 atom stereocenters. The van der Waals surface area contributed by atoms with Crippen LogP contribution in [-0.2, 0) is 6.54 Å². The van der Waals surface area contributed by atoms with Gasteiger partial charge in [0.15, 0.2) is 12.7 Å². The minimum atomic E-state index is -0.203. The highest BCUT2D eigenvalue weighted by molar-refractivity contribution is 4.86. The summed E-state index contributed by atoms with van der Waals surface area (Å²) in [5.41, 5.74) is 0. The van der Waals surface area contributed by atoms with E-state index in [1.54, 1.807) is 16.8 Å². The first kappa shape index (κ1) is 7.92. The van der Waals surface area contributed by atoms with E-state index in [-0.39, 0.29) is 5.95 Å². The molecule has 0 unspecified atom stereocenters. The van der Waals surface area contributed by atoms with Gasteiger partial charge in [-0.3, -0.25) is 0 Å². The van der Waals surface area contributed by atoms with E-state index >= 15 is 0 Å². The fraction of sp³-hybridized carbons (Fsp3) is 0.222. The van der Waals surface area contributed by atoms with Crippen LogP contribution in [0, 0.1) is 5.95 Å². The predicted octanol–water partition coefficient (Wildman–Crippen LogP) is 1.69. The lowest BCUT2D eigenvalue weighted by molar-refractivity contribution is -0.714. The topological polar surface area (TPSA) is 3.88 Å². The maximum Gasteiger partial charge on any atom is 0.359 e. The van der Waals surface area contributed by atoms with Crippen molar-refractivity contribution in [1.82, 2.24) is 0 Å². The van der Waals surface area contributed by atoms with Crippen LogP contribution in [0.3, 0.4) is 0 Å². The van der Waals surface area contributed by atoms with Crippen LogP contribution in [0.15, 0.2) is 36.5 Å². The lowest BCUT2D eigenvalue weighted by Gasteiger charge is -1.90. The van der Waals surface area contributed by atoms with Crippen molar-refractivity contribution in [3.63, 3.8) is 0 Å². The number of hydrogen-bond donors (Lipinski definition) is 0. The van der Waals surface area contributed by atoms with E-state index in [1.165, 1.54) is 6.07 Å². The third-order valence-corrected chi connectivity index (χ3v) is 1.42. The van der Waals surface area contributed by atoms with Crippen LogP contribution < -0.4 is 4.57 Å². The maximum atomic E-state index is 12.8. The van der Waals surface area contributed by atoms with Crippen LogP contribution in [-0.4, -0.2) is 0 Å². The van der Waals surface area contributed by atoms with Gasteiger partial charge in [0.1, 0.15) is 0 Å². The average molecular weight is 152 g/mol. The molecule has 11 heavy (non-hydrogen) atoms. The van der Waals surface area contributed by atoms with Crippen molar-refractivity contribution in [2.45, 2.75) is 13.5 Å². The van der Waals surface area contributed by atoms with E-state index in [0.717, 1.165) is 0 Å². The Hall–Kier alpha value is -1.18. The minimum Gasteiger partial charge on any atom is -0.170 e. The summed E-state index contributed by atoms with van der Waals surface area (Å²) in [6.07, 6.45) is 5.53. The van der Waals surface area contributed by atoms with Gasteiger partial charge >= 0.3 is 5.95 Å². The van der Waals surface area contributed by atoms with Crippen molar-refractivity contribution in [3.8, 4) is 0 Å². The molecule has 0 fully saturated rings. The van der Waals surface area contributed by atoms with E-state index < -0.39 is 0 Å². The van der Waals surface area contributed by atoms with E-state index in [1.807, 2.05) is 25.1 Å². The SMILES string of the molecule is C/C=C/C[n+]1ccccc1F. The van der Waals surface area contributed by atoms with Gasteiger partial charge in [-0.25, -0.2) is 0 Å². The molecule has 0 bridgehead atoms. The van der Waals surface area contributed by atoms with E-state index in [9.17, 15) is 4.39 Å². The first-order chi connectivity index (χ1) is 5.34. The molecule has 0 aliphatic carbocycles. The van der Waals surface area contributed by atoms with Crippen LogP contribution in [0.4, 0.5) is 4.39 Å². The second kappa shape index (κ2) is 3.86. The van der Waals surface area contributed by atoms with Gasteiger partial charge in [0.05, 0.1) is 0 Å². The quantitative estimate of drug-likeness (QED) is 0.345. The largest absolute Gasteiger partial charge is 0.359 e. The van der Waals surface area contributed by atoms with Gasteiger partial charge in [0.2, 0.25) is 0 Å². The summed E-state index contributed by atoms with van der Waals surface area (Å²) >= 11 is 0. The third kappa shape index (κ3) is 2.15. The number of halogens is 1. The molecule has 0 N–H and O–H groups in total. The van der Waals surface area contributed by atoms with Gasteiger partial charge in [0.25, 0.3) is 0 Å². The van der Waals surface area contributed by atoms with E-state index in [4.69, 9.17) is 0 Å². The molecule has 0 saturated carbocycles. The predicted molar refractivity (Wildman–Crippen MR) is 41.4 cm³/mol. The summed E-state index contributed by atoms with van der Waals surface area (Å²) in [4.78, 5) is 0. The van der Waals surface area contributed by atoms with Crippen LogP contribution in [0.2, 0.25) is 0 Å². The number of nitrogens with zero attached hydrogens (tertiary/aromatic N) is 1. The molecule has 0 spiro atoms. The Labute approximate surface area is 65.8 Å². The summed E-state index contributed by atoms with van der Waals surface area (Å²) in [5.74, 6) is -0.203. The Morgan fingerprint density at radius 3 is 3.00 bits per heavy atom. The smallest absolute Gasteiger partial charge is 0.170 e. The molecule has 1 aromatic heterocycles. The van der Waals surface area contributed by atoms with Gasteiger partial charge in [-0.05, 0) is 19.1 Å². The number of aromatic nitrogens is 1. The summed E-state index contributed by atoms with van der Waals surface area (Å²) < 4.78 is 14.4. The molecule has 0 aliphatic heterocycles. The Morgan fingerprint density at radius 2 is 2.36 bits per heavy atom. The van der Waals surface area contributed by atoms with Gasteiger partial charge in [-0.15, -0.1) is 4.39 Å². The minimum absolute atomic E-state index is 0.203. The molecule has 0 radical (unpaired) electrons. The molecule has 1 aromatic rings. The molecular weight excluding hydrogens is 141 g/mol. The molecule has 0 aromatic carbocycles. The van der Waals surface area contributed by atoms with Crippen molar-refractivity contribution in [2.75, 3.05) is 0 Å². The summed E-state index contributed by atoms with van der Waals surface area (Å²) in [6, 6.07) is 4.94. The molecule has 0 aliphatic rings. The third-order valence-electron chi connectivity index (χ3n) is 1.42. The molecule has 58 valence electrons. The summed E-state index contributed by atoms with van der Waals surface area (Å²) in [5, 5.41) is 0. The Morgan fingerprint density at radius 1 is 1.55 bits per heavy atom. The zero-order chi connectivity index (χ0) is 8.10. The van der Waals surface area contributed by atoms with Crippen molar-refractivity contribution in [3.05, 3.63) is 42.5 Å². The van der Waals surface area contributed by atoms with Gasteiger partial charge in [0, 0.05) is 12.1 Å². The first-order valence-corrected chi connectivity index (χ1v) is 3.59. The molecule has 0 saturated heterocycles. The van der Waals surface area contributed by atoms with Crippen LogP contribution in [0.1, 0.15) is 6.92 Å². The summed E-state index contributed by atoms with van der Waals surface area (Å²) in [6.45, 7) is 2.52. The van der Waals surface area contributed by atoms with Crippen molar-refractivity contribution in [2.24, 2.45) is 0 Å². The number of rotatable bonds is 2. The van der Waals surface area contributed by atoms with Crippen LogP contribution in [0.5, 0.6) is 0 Å². The maximum absolute atomic E-state index is 12.8. The van der Waals surface area contributed by atoms with Crippen molar-refractivity contribution < 1.29 is 8.96 Å². The van der Waals surface area contributed by atoms with E-state index in [2.05, 4.69) is 0 Å². The fourth-order valence-corrected chi connectivity index (χ4v) is 0.823. The molecule has 1 nitrogen and oxygen atoms in total. The highest BCUT2D eigenvalue weighted by Gasteiger charge is 2.03. The molecular formula is C9H11FN+. The fourth-order valence-electron chi connectivity index (χ4n) is 0.823. The molecule has 1 heterocycles. The number of hydrogen-bond acceptors (Lipinski definition) is 0.